The minimum absolute atomic E-state index is 0. The largest absolute Gasteiger partial charge is 0.468 e. The zero-order valence-corrected chi connectivity index (χ0v) is 9.29. The summed E-state index contributed by atoms with van der Waals surface area (Å²) in [6, 6.07) is -1.90. The summed E-state index contributed by atoms with van der Waals surface area (Å²) in [5.41, 5.74) is 3.91. The summed E-state index contributed by atoms with van der Waals surface area (Å²) in [5.74, 6) is -7.89. The lowest BCUT2D eigenvalue weighted by molar-refractivity contribution is -0.142. The molecule has 1 rings (SSSR count). The average Bonchev–Trinajstić information content (AvgIpc) is 2.25. The van der Waals surface area contributed by atoms with Crippen LogP contribution < -0.4 is 5.73 Å². The molecule has 1 aromatic carbocycles. The summed E-state index contributed by atoms with van der Waals surface area (Å²) in [6.45, 7) is 0. The van der Waals surface area contributed by atoms with E-state index < -0.39 is 40.8 Å². The molecule has 0 saturated heterocycles. The molecule has 0 fully saturated rings. The van der Waals surface area contributed by atoms with Crippen LogP contribution in [0.15, 0.2) is 6.07 Å². The first-order chi connectivity index (χ1) is 7.40. The fraction of sp³-hybridized carbons (Fsp3) is 0.222. The van der Waals surface area contributed by atoms with E-state index in [1.165, 1.54) is 0 Å². The molecule has 17 heavy (non-hydrogen) atoms. The summed E-state index contributed by atoms with van der Waals surface area (Å²) in [5, 5.41) is 0. The molecule has 2 N–H and O–H groups in total. The Morgan fingerprint density at radius 1 is 1.24 bits per heavy atom. The van der Waals surface area contributed by atoms with Crippen LogP contribution in [0.4, 0.5) is 17.6 Å². The second kappa shape index (κ2) is 5.83. The molecular formula is C9H8ClF4NO2. The SMILES string of the molecule is COC(=O)[C@@H](N)c1c(F)c(F)cc(F)c1F.Cl. The van der Waals surface area contributed by atoms with E-state index in [1.807, 2.05) is 0 Å². The molecule has 0 bridgehead atoms. The van der Waals surface area contributed by atoms with Crippen molar-refractivity contribution in [2.75, 3.05) is 7.11 Å². The van der Waals surface area contributed by atoms with Crippen LogP contribution in [0.1, 0.15) is 11.6 Å². The van der Waals surface area contributed by atoms with Gasteiger partial charge in [-0.1, -0.05) is 0 Å². The van der Waals surface area contributed by atoms with Gasteiger partial charge in [0.1, 0.15) is 6.04 Å². The van der Waals surface area contributed by atoms with Crippen LogP contribution in [0, 0.1) is 23.3 Å². The van der Waals surface area contributed by atoms with E-state index in [0.717, 1.165) is 7.11 Å². The molecule has 0 heterocycles. The number of rotatable bonds is 2. The van der Waals surface area contributed by atoms with Gasteiger partial charge in [-0.05, 0) is 0 Å². The molecule has 0 spiro atoms. The fourth-order valence-corrected chi connectivity index (χ4v) is 1.11. The van der Waals surface area contributed by atoms with Gasteiger partial charge in [0.2, 0.25) is 0 Å². The van der Waals surface area contributed by atoms with Crippen molar-refractivity contribution in [3.05, 3.63) is 34.9 Å². The van der Waals surface area contributed by atoms with Gasteiger partial charge in [0.25, 0.3) is 0 Å². The molecule has 0 unspecified atom stereocenters. The molecule has 0 aliphatic heterocycles. The van der Waals surface area contributed by atoms with Crippen molar-refractivity contribution in [2.45, 2.75) is 6.04 Å². The van der Waals surface area contributed by atoms with Crippen LogP contribution in [0.2, 0.25) is 0 Å². The van der Waals surface area contributed by atoms with Crippen LogP contribution in [0.3, 0.4) is 0 Å². The van der Waals surface area contributed by atoms with Gasteiger partial charge in [-0.15, -0.1) is 12.4 Å². The molecule has 0 radical (unpaired) electrons. The predicted molar refractivity (Wildman–Crippen MR) is 52.5 cm³/mol. The van der Waals surface area contributed by atoms with Crippen molar-refractivity contribution in [3.63, 3.8) is 0 Å². The van der Waals surface area contributed by atoms with Crippen molar-refractivity contribution in [2.24, 2.45) is 5.73 Å². The highest BCUT2D eigenvalue weighted by atomic mass is 35.5. The maximum Gasteiger partial charge on any atom is 0.327 e. The molecule has 0 aliphatic rings. The molecule has 0 amide bonds. The number of halogens is 5. The van der Waals surface area contributed by atoms with Gasteiger partial charge >= 0.3 is 5.97 Å². The monoisotopic (exact) mass is 273 g/mol. The number of hydrogen-bond donors (Lipinski definition) is 1. The molecule has 96 valence electrons. The van der Waals surface area contributed by atoms with Crippen molar-refractivity contribution < 1.29 is 27.1 Å². The lowest BCUT2D eigenvalue weighted by Crippen LogP contribution is -2.26. The Kier molecular flexibility index (Phi) is 5.37. The number of esters is 1. The highest BCUT2D eigenvalue weighted by Crippen LogP contribution is 2.24. The molecule has 0 aromatic heterocycles. The second-order valence-electron chi connectivity index (χ2n) is 2.88. The third-order valence-electron chi connectivity index (χ3n) is 1.91. The number of ether oxygens (including phenoxy) is 1. The first-order valence-corrected chi connectivity index (χ1v) is 4.06. The van der Waals surface area contributed by atoms with E-state index in [2.05, 4.69) is 4.74 Å². The van der Waals surface area contributed by atoms with Gasteiger partial charge in [-0.3, -0.25) is 4.79 Å². The molecular weight excluding hydrogens is 266 g/mol. The Hall–Kier alpha value is -1.34. The van der Waals surface area contributed by atoms with Crippen LogP contribution in [-0.2, 0) is 9.53 Å². The van der Waals surface area contributed by atoms with Gasteiger partial charge in [0, 0.05) is 6.07 Å². The smallest absolute Gasteiger partial charge is 0.327 e. The Balaban J connectivity index is 0.00000256. The summed E-state index contributed by atoms with van der Waals surface area (Å²) < 4.78 is 55.9. The topological polar surface area (TPSA) is 52.3 Å². The van der Waals surface area contributed by atoms with Crippen LogP contribution in [0.5, 0.6) is 0 Å². The lowest BCUT2D eigenvalue weighted by Gasteiger charge is -2.12. The average molecular weight is 274 g/mol. The molecule has 1 atom stereocenters. The van der Waals surface area contributed by atoms with Gasteiger partial charge in [-0.2, -0.15) is 0 Å². The lowest BCUT2D eigenvalue weighted by atomic mass is 10.1. The van der Waals surface area contributed by atoms with E-state index >= 15 is 0 Å². The summed E-state index contributed by atoms with van der Waals surface area (Å²) in [6.07, 6.45) is 0. The van der Waals surface area contributed by atoms with Crippen LogP contribution >= 0.6 is 12.4 Å². The van der Waals surface area contributed by atoms with Crippen LogP contribution in [0.25, 0.3) is 0 Å². The molecule has 3 nitrogen and oxygen atoms in total. The number of carbonyl (C=O) groups is 1. The number of hydrogen-bond acceptors (Lipinski definition) is 3. The zero-order valence-electron chi connectivity index (χ0n) is 8.47. The number of carbonyl (C=O) groups excluding carboxylic acids is 1. The standard InChI is InChI=1S/C9H7F4NO2.ClH/c1-16-9(15)8(14)5-6(12)3(10)2-4(11)7(5)13;/h2,8H,14H2,1H3;1H/t8-;/m0./s1. The van der Waals surface area contributed by atoms with Gasteiger partial charge in [0.15, 0.2) is 23.3 Å². The number of methoxy groups -OCH3 is 1. The van der Waals surface area contributed by atoms with Gasteiger partial charge in [-0.25, -0.2) is 17.6 Å². The highest BCUT2D eigenvalue weighted by molar-refractivity contribution is 5.85. The maximum atomic E-state index is 13.1. The number of benzene rings is 1. The third kappa shape index (κ3) is 2.86. The Morgan fingerprint density at radius 3 is 2.00 bits per heavy atom. The third-order valence-corrected chi connectivity index (χ3v) is 1.91. The normalized spacial score (nSPS) is 11.6. The summed E-state index contributed by atoms with van der Waals surface area (Å²) >= 11 is 0. The van der Waals surface area contributed by atoms with E-state index in [1.54, 1.807) is 0 Å². The van der Waals surface area contributed by atoms with E-state index in [-0.39, 0.29) is 18.5 Å². The Morgan fingerprint density at radius 2 is 1.65 bits per heavy atom. The fourth-order valence-electron chi connectivity index (χ4n) is 1.11. The first kappa shape index (κ1) is 15.7. The number of nitrogens with two attached hydrogens (primary N) is 1. The summed E-state index contributed by atoms with van der Waals surface area (Å²) in [4.78, 5) is 10.9. The Labute approximate surface area is 100.0 Å². The molecule has 1 aromatic rings. The minimum Gasteiger partial charge on any atom is -0.468 e. The molecule has 0 saturated carbocycles. The van der Waals surface area contributed by atoms with Crippen molar-refractivity contribution >= 4 is 18.4 Å². The van der Waals surface area contributed by atoms with Gasteiger partial charge < -0.3 is 10.5 Å². The van der Waals surface area contributed by atoms with Gasteiger partial charge in [0.05, 0.1) is 12.7 Å². The first-order valence-electron chi connectivity index (χ1n) is 4.06. The van der Waals surface area contributed by atoms with Crippen molar-refractivity contribution in [1.82, 2.24) is 0 Å². The molecule has 0 aliphatic carbocycles. The maximum absolute atomic E-state index is 13.1. The van der Waals surface area contributed by atoms with Crippen LogP contribution in [-0.4, -0.2) is 13.1 Å². The van der Waals surface area contributed by atoms with E-state index in [9.17, 15) is 22.4 Å². The van der Waals surface area contributed by atoms with E-state index in [0.29, 0.717) is 0 Å². The predicted octanol–water partition coefficient (Wildman–Crippen LogP) is 1.84. The zero-order chi connectivity index (χ0) is 12.5. The minimum atomic E-state index is -1.92. The summed E-state index contributed by atoms with van der Waals surface area (Å²) in [7, 11) is 0.924. The highest BCUT2D eigenvalue weighted by Gasteiger charge is 2.28. The molecule has 8 heteroatoms. The van der Waals surface area contributed by atoms with Crippen molar-refractivity contribution in [3.8, 4) is 0 Å². The van der Waals surface area contributed by atoms with Crippen molar-refractivity contribution in [1.29, 1.82) is 0 Å². The van der Waals surface area contributed by atoms with E-state index in [4.69, 9.17) is 5.73 Å². The second-order valence-corrected chi connectivity index (χ2v) is 2.88. The quantitative estimate of drug-likeness (QED) is 0.508. The Bertz CT molecular complexity index is 415.